The van der Waals surface area contributed by atoms with Gasteiger partial charge in [0.05, 0.1) is 5.70 Å². The number of terminal acetylenes is 1. The van der Waals surface area contributed by atoms with Crippen molar-refractivity contribution >= 4 is 25.9 Å². The molecule has 39 heavy (non-hydrogen) atoms. The van der Waals surface area contributed by atoms with E-state index in [0.29, 0.717) is 0 Å². The van der Waals surface area contributed by atoms with Gasteiger partial charge in [0.1, 0.15) is 0 Å². The summed E-state index contributed by atoms with van der Waals surface area (Å²) in [4.78, 5) is 2.34. The van der Waals surface area contributed by atoms with E-state index in [1.807, 2.05) is 42.7 Å². The molecule has 0 unspecified atom stereocenters. The van der Waals surface area contributed by atoms with Gasteiger partial charge < -0.3 is 4.90 Å². The van der Waals surface area contributed by atoms with Crippen LogP contribution in [0, 0.1) is 35.1 Å². The average Bonchev–Trinajstić information content (AvgIpc) is 3.01. The molecule has 2 rings (SSSR count). The Morgan fingerprint density at radius 1 is 1.13 bits per heavy atom. The van der Waals surface area contributed by atoms with Crippen LogP contribution in [0.2, 0.25) is 0 Å². The standard InChI is InChI=1S/C23H38N.C10H12O.CH3Cl.ClH.Ru/c1-12-19(24-17-22(8,9)16-23(24,10)11)18(21(5,6)7)14-13-15-20(2,3)4;1-8(2)11-10-7-5-4-6-9(10)3;1-2;;/h1,13-14,17H,15-16H2,2-11H3;3-8H,1-2H3;1H3;1H;/q-1;;;;+1/p-1/b14-13-,19-18-;;;;. The molecule has 0 atom stereocenters. The molecule has 1 saturated heterocycles. The van der Waals surface area contributed by atoms with Crippen LogP contribution >= 0.6 is 21.3 Å². The van der Waals surface area contributed by atoms with Crippen molar-refractivity contribution in [2.75, 3.05) is 6.38 Å². The Bertz CT molecular complexity index is 1010. The maximum absolute atomic E-state index is 6.01. The van der Waals surface area contributed by atoms with Gasteiger partial charge in [-0.1, -0.05) is 79.9 Å². The van der Waals surface area contributed by atoms with Crippen LogP contribution in [-0.4, -0.2) is 27.5 Å². The number of ether oxygens (including phenoxy) is 1. The molecule has 1 aromatic rings. The molecule has 1 aliphatic rings. The molecule has 2 nitrogen and oxygen atoms in total. The number of hydrogen-bond acceptors (Lipinski definition) is 2. The van der Waals surface area contributed by atoms with Crippen LogP contribution in [0.15, 0.2) is 47.7 Å². The molecule has 0 N–H and O–H groups in total. The third kappa shape index (κ3) is 13.9. The number of rotatable bonds is 6. The quantitative estimate of drug-likeness (QED) is 0.0988. The first kappa shape index (κ1) is 37.9. The first-order chi connectivity index (χ1) is 17.8. The van der Waals surface area contributed by atoms with Crippen LogP contribution in [-0.2, 0) is 15.7 Å². The number of allylic oxidation sites excluding steroid dienone is 4. The Balaban J connectivity index is 0.000000808. The molecule has 1 fully saturated rings. The molecule has 0 radical (unpaired) electrons. The third-order valence-corrected chi connectivity index (χ3v) is 7.09. The molecular weight excluding hydrogens is 610 g/mol. The van der Waals surface area contributed by atoms with E-state index in [2.05, 4.69) is 110 Å². The third-order valence-electron chi connectivity index (χ3n) is 5.90. The fourth-order valence-electron chi connectivity index (χ4n) is 4.60. The number of para-hydroxylation sites is 1. The summed E-state index contributed by atoms with van der Waals surface area (Å²) in [5.41, 5.74) is 3.87. The zero-order valence-corrected chi connectivity index (χ0v) is 29.9. The van der Waals surface area contributed by atoms with Crippen molar-refractivity contribution in [2.24, 2.45) is 16.2 Å². The summed E-state index contributed by atoms with van der Waals surface area (Å²) in [7, 11) is 5.72. The molecule has 223 valence electrons. The fraction of sp³-hybridized carbons (Fsp3) is 0.588. The predicted octanol–water partition coefficient (Wildman–Crippen LogP) is 10.3. The summed E-state index contributed by atoms with van der Waals surface area (Å²) in [5.74, 6) is 3.94. The predicted molar refractivity (Wildman–Crippen MR) is 172 cm³/mol. The molecule has 0 aliphatic carbocycles. The Morgan fingerprint density at radius 2 is 1.69 bits per heavy atom. The Labute approximate surface area is 258 Å². The maximum Gasteiger partial charge on any atom is 0.0108 e. The maximum atomic E-state index is 6.01. The zero-order chi connectivity index (χ0) is 30.7. The number of halogens is 2. The van der Waals surface area contributed by atoms with Gasteiger partial charge in [0.15, 0.2) is 0 Å². The monoisotopic (exact) mass is 663 g/mol. The van der Waals surface area contributed by atoms with Gasteiger partial charge in [0, 0.05) is 11.9 Å². The topological polar surface area (TPSA) is 12.5 Å². The van der Waals surface area contributed by atoms with Crippen molar-refractivity contribution in [3.8, 4) is 18.1 Å². The van der Waals surface area contributed by atoms with Crippen molar-refractivity contribution < 1.29 is 20.4 Å². The smallest absolute Gasteiger partial charge is 0.0108 e. The van der Waals surface area contributed by atoms with Gasteiger partial charge in [-0.15, -0.1) is 23.4 Å². The summed E-state index contributed by atoms with van der Waals surface area (Å²) in [6, 6.07) is 7.96. The Morgan fingerprint density at radius 3 is 2.10 bits per heavy atom. The van der Waals surface area contributed by atoms with Crippen LogP contribution in [0.1, 0.15) is 101 Å². The van der Waals surface area contributed by atoms with Gasteiger partial charge >= 0.3 is 90.3 Å². The Hall–Kier alpha value is -1.07. The van der Waals surface area contributed by atoms with E-state index in [0.717, 1.165) is 29.9 Å². The van der Waals surface area contributed by atoms with E-state index in [9.17, 15) is 0 Å². The molecule has 1 aromatic carbocycles. The van der Waals surface area contributed by atoms with E-state index in [1.165, 1.54) is 12.0 Å². The first-order valence-electron chi connectivity index (χ1n) is 13.5. The zero-order valence-electron chi connectivity index (χ0n) is 26.7. The largest absolute Gasteiger partial charge is 0.130 e. The number of nitrogens with zero attached hydrogens (tertiary/aromatic N) is 1. The normalized spacial score (nSPS) is 17.5. The van der Waals surface area contributed by atoms with Gasteiger partial charge in [-0.2, -0.15) is 0 Å². The van der Waals surface area contributed by atoms with Gasteiger partial charge in [-0.3, -0.25) is 0 Å². The second-order valence-electron chi connectivity index (χ2n) is 13.7. The molecular formula is C34H53Cl2NORu-. The summed E-state index contributed by atoms with van der Waals surface area (Å²) in [5, 5.41) is 0. The number of alkyl halides is 1. The van der Waals surface area contributed by atoms with Crippen LogP contribution in [0.3, 0.4) is 0 Å². The molecule has 5 heteroatoms. The average molecular weight is 664 g/mol. The molecule has 1 heterocycles. The Kier molecular flexibility index (Phi) is 15.9. The van der Waals surface area contributed by atoms with E-state index >= 15 is 0 Å². The molecule has 1 aliphatic heterocycles. The van der Waals surface area contributed by atoms with Gasteiger partial charge in [-0.25, -0.2) is 6.54 Å². The van der Waals surface area contributed by atoms with Crippen molar-refractivity contribution in [1.29, 1.82) is 0 Å². The summed E-state index contributed by atoms with van der Waals surface area (Å²) in [6.07, 6.45) is 14.4. The van der Waals surface area contributed by atoms with Gasteiger partial charge in [0.2, 0.25) is 0 Å². The minimum Gasteiger partial charge on any atom is -0.130 e. The first-order valence-corrected chi connectivity index (χ1v) is 17.5. The summed E-state index contributed by atoms with van der Waals surface area (Å²) >= 11 is 4.45. The van der Waals surface area contributed by atoms with Gasteiger partial charge in [0.25, 0.3) is 0 Å². The molecule has 0 saturated carbocycles. The van der Waals surface area contributed by atoms with E-state index in [-0.39, 0.29) is 43.6 Å². The van der Waals surface area contributed by atoms with Crippen molar-refractivity contribution in [3.63, 3.8) is 0 Å². The van der Waals surface area contributed by atoms with E-state index < -0.39 is 0 Å². The minimum atomic E-state index is -0.191. The number of hydrogen-bond donors (Lipinski definition) is 0. The molecule has 0 bridgehead atoms. The summed E-state index contributed by atoms with van der Waals surface area (Å²) in [6.45, 7) is 29.0. The van der Waals surface area contributed by atoms with Crippen LogP contribution in [0.5, 0.6) is 5.75 Å². The SMILES string of the molecule is C#C/C(=C(\C=C/CC(C)(C)C)C(C)(C)C)N1[CH-]C(C)(C)CC1(C)C.CC(C)Oc1ccccc1[CH]=[Ru][Cl].CCl. The van der Waals surface area contributed by atoms with E-state index in [1.54, 1.807) is 0 Å². The molecule has 0 amide bonds. The van der Waals surface area contributed by atoms with Crippen molar-refractivity contribution in [1.82, 2.24) is 4.90 Å². The minimum absolute atomic E-state index is 0.00669. The van der Waals surface area contributed by atoms with Crippen molar-refractivity contribution in [3.05, 3.63) is 59.8 Å². The van der Waals surface area contributed by atoms with E-state index in [4.69, 9.17) is 20.9 Å². The molecule has 0 aromatic heterocycles. The number of benzene rings is 1. The van der Waals surface area contributed by atoms with Gasteiger partial charge in [-0.05, 0) is 36.7 Å². The summed E-state index contributed by atoms with van der Waals surface area (Å²) < 4.78 is 7.66. The second-order valence-corrected chi connectivity index (χ2v) is 15.5. The van der Waals surface area contributed by atoms with Crippen LogP contribution < -0.4 is 4.74 Å². The van der Waals surface area contributed by atoms with Crippen LogP contribution in [0.4, 0.5) is 0 Å². The second kappa shape index (κ2) is 16.4. The molecule has 0 spiro atoms. The van der Waals surface area contributed by atoms with Crippen LogP contribution in [0.25, 0.3) is 0 Å². The van der Waals surface area contributed by atoms with Crippen molar-refractivity contribution in [2.45, 2.75) is 108 Å². The fourth-order valence-corrected chi connectivity index (χ4v) is 5.71. The number of likely N-dealkylation sites (tertiary alicyclic amines) is 1.